The van der Waals surface area contributed by atoms with Gasteiger partial charge in [0.15, 0.2) is 5.17 Å². The first kappa shape index (κ1) is 17.7. The van der Waals surface area contributed by atoms with Crippen molar-refractivity contribution in [3.8, 4) is 0 Å². The Balaban J connectivity index is 2.19. The van der Waals surface area contributed by atoms with Crippen molar-refractivity contribution >= 4 is 22.6 Å². The molecule has 0 amide bonds. The summed E-state index contributed by atoms with van der Waals surface area (Å²) in [6, 6.07) is 2.70. The van der Waals surface area contributed by atoms with Gasteiger partial charge in [0.1, 0.15) is 0 Å². The number of thioether (sulfide) groups is 1. The van der Waals surface area contributed by atoms with Gasteiger partial charge in [-0.3, -0.25) is 15.8 Å². The number of hydrazine groups is 1. The summed E-state index contributed by atoms with van der Waals surface area (Å²) in [4.78, 5) is 4.02. The lowest BCUT2D eigenvalue weighted by atomic mass is 9.94. The van der Waals surface area contributed by atoms with Crippen molar-refractivity contribution in [3.05, 3.63) is 29.8 Å². The van der Waals surface area contributed by atoms with E-state index in [0.717, 1.165) is 17.9 Å². The standard InChI is InChI=1S/C12H10F7N3S/c13-10(11(14,15)16,12(17,18)19)7-1-3-8(4-2-7)21-22-9-20-5-6-23-9/h1-4,21H,5-6H2,(H,20,22). The summed E-state index contributed by atoms with van der Waals surface area (Å²) in [5.41, 5.74) is -1.59. The average molecular weight is 361 g/mol. The Labute approximate surface area is 130 Å². The van der Waals surface area contributed by atoms with Crippen molar-refractivity contribution < 1.29 is 30.7 Å². The molecule has 0 bridgehead atoms. The lowest BCUT2D eigenvalue weighted by Crippen LogP contribution is -2.50. The molecule has 11 heteroatoms. The highest BCUT2D eigenvalue weighted by Crippen LogP contribution is 2.53. The highest BCUT2D eigenvalue weighted by Gasteiger charge is 2.73. The molecule has 0 saturated heterocycles. The monoisotopic (exact) mass is 361 g/mol. The summed E-state index contributed by atoms with van der Waals surface area (Å²) in [5, 5.41) is 0.541. The lowest BCUT2D eigenvalue weighted by Gasteiger charge is -2.30. The van der Waals surface area contributed by atoms with Crippen molar-refractivity contribution in [1.82, 2.24) is 5.43 Å². The molecule has 1 heterocycles. The molecular weight excluding hydrogens is 351 g/mol. The number of hydrogen-bond acceptors (Lipinski definition) is 4. The van der Waals surface area contributed by atoms with Crippen LogP contribution in [-0.2, 0) is 5.67 Å². The van der Waals surface area contributed by atoms with Gasteiger partial charge < -0.3 is 0 Å². The van der Waals surface area contributed by atoms with Crippen LogP contribution in [0.4, 0.5) is 36.4 Å². The van der Waals surface area contributed by atoms with E-state index >= 15 is 0 Å². The molecule has 1 aliphatic heterocycles. The van der Waals surface area contributed by atoms with Gasteiger partial charge in [0, 0.05) is 11.3 Å². The molecule has 0 atom stereocenters. The number of amidine groups is 1. The van der Waals surface area contributed by atoms with Crippen LogP contribution >= 0.6 is 11.8 Å². The largest absolute Gasteiger partial charge is 0.435 e. The first-order valence-electron chi connectivity index (χ1n) is 6.18. The van der Waals surface area contributed by atoms with E-state index < -0.39 is 23.6 Å². The first-order chi connectivity index (χ1) is 10.6. The van der Waals surface area contributed by atoms with E-state index in [1.807, 2.05) is 0 Å². The Bertz CT molecular complexity index is 566. The zero-order valence-corrected chi connectivity index (χ0v) is 12.0. The number of anilines is 1. The summed E-state index contributed by atoms with van der Waals surface area (Å²) in [6.07, 6.45) is -12.2. The van der Waals surface area contributed by atoms with Crippen LogP contribution < -0.4 is 10.9 Å². The molecule has 1 aromatic carbocycles. The van der Waals surface area contributed by atoms with Crippen LogP contribution in [-0.4, -0.2) is 29.8 Å². The second kappa shape index (κ2) is 6.10. The highest BCUT2D eigenvalue weighted by atomic mass is 32.2. The second-order valence-electron chi connectivity index (χ2n) is 4.52. The quantitative estimate of drug-likeness (QED) is 0.631. The maximum absolute atomic E-state index is 13.8. The number of nitrogens with zero attached hydrogens (tertiary/aromatic N) is 1. The van der Waals surface area contributed by atoms with Crippen molar-refractivity contribution in [3.63, 3.8) is 0 Å². The predicted octanol–water partition coefficient (Wildman–Crippen LogP) is 4.00. The van der Waals surface area contributed by atoms with Gasteiger partial charge in [0.25, 0.3) is 0 Å². The fourth-order valence-electron chi connectivity index (χ4n) is 1.81. The third-order valence-corrected chi connectivity index (χ3v) is 3.85. The molecule has 0 aliphatic carbocycles. The average Bonchev–Trinajstić information content (AvgIpc) is 2.95. The van der Waals surface area contributed by atoms with E-state index in [1.54, 1.807) is 0 Å². The number of rotatable bonds is 3. The molecule has 3 nitrogen and oxygen atoms in total. The van der Waals surface area contributed by atoms with Crippen LogP contribution in [0, 0.1) is 0 Å². The molecule has 1 aromatic rings. The molecule has 2 rings (SSSR count). The fraction of sp³-hybridized carbons (Fsp3) is 0.417. The van der Waals surface area contributed by atoms with Crippen LogP contribution in [0.3, 0.4) is 0 Å². The van der Waals surface area contributed by atoms with Crippen molar-refractivity contribution in [1.29, 1.82) is 0 Å². The van der Waals surface area contributed by atoms with Gasteiger partial charge >= 0.3 is 18.0 Å². The Hall–Kier alpha value is -1.65. The van der Waals surface area contributed by atoms with E-state index in [4.69, 9.17) is 0 Å². The van der Waals surface area contributed by atoms with Gasteiger partial charge in [-0.25, -0.2) is 4.39 Å². The number of benzene rings is 1. The minimum absolute atomic E-state index is 0.163. The summed E-state index contributed by atoms with van der Waals surface area (Å²) >= 11 is 1.39. The molecule has 0 saturated carbocycles. The SMILES string of the molecule is FC(F)(F)C(F)(c1ccc(NNC2=NCCS2)cc1)C(F)(F)F. The lowest BCUT2D eigenvalue weighted by molar-refractivity contribution is -0.348. The molecule has 1 aliphatic rings. The van der Waals surface area contributed by atoms with Gasteiger partial charge in [-0.2, -0.15) is 26.3 Å². The predicted molar refractivity (Wildman–Crippen MR) is 72.9 cm³/mol. The smallest absolute Gasteiger partial charge is 0.299 e. The summed E-state index contributed by atoms with van der Waals surface area (Å²) in [6.45, 7) is 0.606. The normalized spacial score (nSPS) is 16.2. The van der Waals surface area contributed by atoms with Crippen LogP contribution in [0.15, 0.2) is 29.3 Å². The minimum atomic E-state index is -6.12. The molecule has 0 spiro atoms. The summed E-state index contributed by atoms with van der Waals surface area (Å²) < 4.78 is 89.4. The van der Waals surface area contributed by atoms with Crippen molar-refractivity contribution in [2.24, 2.45) is 4.99 Å². The number of halogens is 7. The second-order valence-corrected chi connectivity index (χ2v) is 5.60. The first-order valence-corrected chi connectivity index (χ1v) is 7.16. The molecule has 0 unspecified atom stereocenters. The summed E-state index contributed by atoms with van der Waals surface area (Å²) in [7, 11) is 0. The van der Waals surface area contributed by atoms with Gasteiger partial charge in [-0.05, 0) is 12.1 Å². The van der Waals surface area contributed by atoms with E-state index in [0.29, 0.717) is 23.8 Å². The van der Waals surface area contributed by atoms with Crippen molar-refractivity contribution in [2.45, 2.75) is 18.0 Å². The molecule has 0 radical (unpaired) electrons. The third-order valence-electron chi connectivity index (χ3n) is 2.96. The molecular formula is C12H10F7N3S. The number of nitrogens with one attached hydrogen (secondary N) is 2. The van der Waals surface area contributed by atoms with Gasteiger partial charge in [0.2, 0.25) is 0 Å². The van der Waals surface area contributed by atoms with Crippen LogP contribution in [0.2, 0.25) is 0 Å². The zero-order chi connectivity index (χ0) is 17.3. The highest BCUT2D eigenvalue weighted by molar-refractivity contribution is 8.14. The Morgan fingerprint density at radius 3 is 1.87 bits per heavy atom. The Morgan fingerprint density at radius 1 is 0.870 bits per heavy atom. The number of hydrogen-bond donors (Lipinski definition) is 2. The van der Waals surface area contributed by atoms with E-state index in [-0.39, 0.29) is 5.69 Å². The molecule has 2 N–H and O–H groups in total. The molecule has 23 heavy (non-hydrogen) atoms. The maximum Gasteiger partial charge on any atom is 0.435 e. The maximum atomic E-state index is 13.8. The van der Waals surface area contributed by atoms with Gasteiger partial charge in [0.05, 0.1) is 12.2 Å². The minimum Gasteiger partial charge on any atom is -0.299 e. The molecule has 0 fully saturated rings. The molecule has 128 valence electrons. The zero-order valence-electron chi connectivity index (χ0n) is 11.2. The van der Waals surface area contributed by atoms with E-state index in [1.165, 1.54) is 11.8 Å². The van der Waals surface area contributed by atoms with E-state index in [9.17, 15) is 30.7 Å². The van der Waals surface area contributed by atoms with Crippen LogP contribution in [0.1, 0.15) is 5.56 Å². The Morgan fingerprint density at radius 2 is 1.43 bits per heavy atom. The Kier molecular flexibility index (Phi) is 4.69. The van der Waals surface area contributed by atoms with Crippen LogP contribution in [0.25, 0.3) is 0 Å². The fourth-order valence-corrected chi connectivity index (χ4v) is 2.49. The number of alkyl halides is 7. The van der Waals surface area contributed by atoms with Crippen LogP contribution in [0.5, 0.6) is 0 Å². The van der Waals surface area contributed by atoms with Gasteiger partial charge in [-0.15, -0.1) is 0 Å². The third kappa shape index (κ3) is 3.48. The molecule has 0 aromatic heterocycles. The summed E-state index contributed by atoms with van der Waals surface area (Å²) in [5.74, 6) is 0.768. The van der Waals surface area contributed by atoms with Crippen molar-refractivity contribution in [2.75, 3.05) is 17.7 Å². The topological polar surface area (TPSA) is 36.4 Å². The number of aliphatic imine (C=N–C) groups is 1. The van der Waals surface area contributed by atoms with Gasteiger partial charge in [-0.1, -0.05) is 23.9 Å². The van der Waals surface area contributed by atoms with E-state index in [2.05, 4.69) is 15.8 Å².